The van der Waals surface area contributed by atoms with Crippen LogP contribution in [0.4, 0.5) is 10.1 Å². The first kappa shape index (κ1) is 19.0. The smallest absolute Gasteiger partial charge is 0.338 e. The van der Waals surface area contributed by atoms with Crippen LogP contribution in [-0.4, -0.2) is 26.5 Å². The largest absolute Gasteiger partial charge is 0.465 e. The van der Waals surface area contributed by atoms with Crippen molar-refractivity contribution in [1.29, 1.82) is 0 Å². The standard InChI is InChI=1S/C18H15FN2O4S2/c1-11-9-14(7-8-15(11)18(22)25-2)21-27(23,24)16-10-26-17(20-16)12-3-5-13(19)6-4-12/h3-10,21H,1-2H3. The summed E-state index contributed by atoms with van der Waals surface area (Å²) in [5.74, 6) is -0.874. The topological polar surface area (TPSA) is 85.4 Å². The summed E-state index contributed by atoms with van der Waals surface area (Å²) in [5.41, 5.74) is 1.86. The summed E-state index contributed by atoms with van der Waals surface area (Å²) in [5, 5.41) is 1.74. The van der Waals surface area contributed by atoms with Gasteiger partial charge in [0.15, 0.2) is 5.03 Å². The van der Waals surface area contributed by atoms with E-state index in [0.717, 1.165) is 11.3 Å². The highest BCUT2D eigenvalue weighted by molar-refractivity contribution is 7.92. The molecule has 0 fully saturated rings. The lowest BCUT2D eigenvalue weighted by Crippen LogP contribution is -2.14. The van der Waals surface area contributed by atoms with Crippen LogP contribution in [0, 0.1) is 12.7 Å². The average Bonchev–Trinajstić information content (AvgIpc) is 3.12. The second-order valence-electron chi connectivity index (χ2n) is 5.62. The molecule has 0 saturated heterocycles. The van der Waals surface area contributed by atoms with Crippen LogP contribution in [0.5, 0.6) is 0 Å². The number of nitrogens with zero attached hydrogens (tertiary/aromatic N) is 1. The van der Waals surface area contributed by atoms with Gasteiger partial charge >= 0.3 is 5.97 Å². The second kappa shape index (κ2) is 7.45. The third-order valence-electron chi connectivity index (χ3n) is 3.73. The van der Waals surface area contributed by atoms with E-state index in [1.54, 1.807) is 6.92 Å². The second-order valence-corrected chi connectivity index (χ2v) is 8.11. The highest BCUT2D eigenvalue weighted by Crippen LogP contribution is 2.27. The first-order valence-electron chi connectivity index (χ1n) is 7.73. The molecule has 140 valence electrons. The number of anilines is 1. The number of benzene rings is 2. The maximum atomic E-state index is 13.0. The number of carbonyl (C=O) groups is 1. The molecule has 2 aromatic carbocycles. The van der Waals surface area contributed by atoms with Crippen molar-refractivity contribution in [2.24, 2.45) is 0 Å². The van der Waals surface area contributed by atoms with Gasteiger partial charge in [-0.25, -0.2) is 14.2 Å². The number of hydrogen-bond acceptors (Lipinski definition) is 6. The number of rotatable bonds is 5. The molecule has 1 aromatic heterocycles. The van der Waals surface area contributed by atoms with Gasteiger partial charge in [-0.1, -0.05) is 0 Å². The van der Waals surface area contributed by atoms with Crippen molar-refractivity contribution in [3.8, 4) is 10.6 Å². The van der Waals surface area contributed by atoms with Gasteiger partial charge in [0, 0.05) is 16.6 Å². The summed E-state index contributed by atoms with van der Waals surface area (Å²) in [6.45, 7) is 1.68. The first-order valence-corrected chi connectivity index (χ1v) is 10.1. The number of aromatic nitrogens is 1. The molecule has 1 N–H and O–H groups in total. The number of halogens is 1. The number of carbonyl (C=O) groups excluding carboxylic acids is 1. The van der Waals surface area contributed by atoms with Crippen molar-refractivity contribution >= 4 is 33.0 Å². The molecular formula is C18H15FN2O4S2. The Hall–Kier alpha value is -2.78. The predicted octanol–water partition coefficient (Wildman–Crippen LogP) is 3.85. The van der Waals surface area contributed by atoms with Gasteiger partial charge in [0.05, 0.1) is 12.7 Å². The van der Waals surface area contributed by atoms with E-state index in [2.05, 4.69) is 14.4 Å². The molecule has 0 atom stereocenters. The third-order valence-corrected chi connectivity index (χ3v) is 6.04. The molecular weight excluding hydrogens is 391 g/mol. The Morgan fingerprint density at radius 1 is 1.19 bits per heavy atom. The summed E-state index contributed by atoms with van der Waals surface area (Å²) in [6, 6.07) is 10.1. The van der Waals surface area contributed by atoms with Crippen molar-refractivity contribution in [2.45, 2.75) is 11.9 Å². The van der Waals surface area contributed by atoms with E-state index in [4.69, 9.17) is 0 Å². The van der Waals surface area contributed by atoms with Crippen LogP contribution in [-0.2, 0) is 14.8 Å². The molecule has 0 saturated carbocycles. The van der Waals surface area contributed by atoms with Gasteiger partial charge in [-0.2, -0.15) is 8.42 Å². The van der Waals surface area contributed by atoms with E-state index in [1.807, 2.05) is 0 Å². The van der Waals surface area contributed by atoms with Gasteiger partial charge in [-0.05, 0) is 55.0 Å². The summed E-state index contributed by atoms with van der Waals surface area (Å²) in [4.78, 5) is 15.7. The molecule has 0 aliphatic carbocycles. The van der Waals surface area contributed by atoms with Crippen molar-refractivity contribution < 1.29 is 22.3 Å². The number of thiazole rings is 1. The van der Waals surface area contributed by atoms with Crippen LogP contribution in [0.1, 0.15) is 15.9 Å². The van der Waals surface area contributed by atoms with Crippen molar-refractivity contribution in [1.82, 2.24) is 4.98 Å². The molecule has 0 amide bonds. The zero-order chi connectivity index (χ0) is 19.6. The van der Waals surface area contributed by atoms with Gasteiger partial charge in [0.2, 0.25) is 0 Å². The molecule has 6 nitrogen and oxygen atoms in total. The van der Waals surface area contributed by atoms with E-state index in [9.17, 15) is 17.6 Å². The molecule has 3 rings (SSSR count). The summed E-state index contributed by atoms with van der Waals surface area (Å²) in [6.07, 6.45) is 0. The van der Waals surface area contributed by atoms with Gasteiger partial charge < -0.3 is 4.74 Å². The minimum absolute atomic E-state index is 0.137. The molecule has 0 aliphatic rings. The monoisotopic (exact) mass is 406 g/mol. The Morgan fingerprint density at radius 3 is 2.52 bits per heavy atom. The maximum Gasteiger partial charge on any atom is 0.338 e. The SMILES string of the molecule is COC(=O)c1ccc(NS(=O)(=O)c2csc(-c3ccc(F)cc3)n2)cc1C. The number of sulfonamides is 1. The number of hydrogen-bond donors (Lipinski definition) is 1. The summed E-state index contributed by atoms with van der Waals surface area (Å²) in [7, 11) is -2.63. The Kier molecular flexibility index (Phi) is 5.24. The van der Waals surface area contributed by atoms with Crippen LogP contribution in [0.3, 0.4) is 0 Å². The van der Waals surface area contributed by atoms with Gasteiger partial charge in [-0.3, -0.25) is 4.72 Å². The molecule has 0 unspecified atom stereocenters. The molecule has 0 bridgehead atoms. The van der Waals surface area contributed by atoms with E-state index in [1.165, 1.54) is 55.0 Å². The van der Waals surface area contributed by atoms with Crippen molar-refractivity contribution in [2.75, 3.05) is 11.8 Å². The molecule has 9 heteroatoms. The molecule has 27 heavy (non-hydrogen) atoms. The van der Waals surface area contributed by atoms with E-state index in [-0.39, 0.29) is 10.8 Å². The molecule has 3 aromatic rings. The minimum atomic E-state index is -3.91. The summed E-state index contributed by atoms with van der Waals surface area (Å²) < 4.78 is 45.3. The third kappa shape index (κ3) is 4.15. The zero-order valence-corrected chi connectivity index (χ0v) is 16.0. The van der Waals surface area contributed by atoms with Crippen LogP contribution in [0.25, 0.3) is 10.6 Å². The lowest BCUT2D eigenvalue weighted by molar-refractivity contribution is 0.0600. The van der Waals surface area contributed by atoms with Crippen LogP contribution >= 0.6 is 11.3 Å². The number of ether oxygens (including phenoxy) is 1. The van der Waals surface area contributed by atoms with Gasteiger partial charge in [0.25, 0.3) is 10.0 Å². The fraction of sp³-hybridized carbons (Fsp3) is 0.111. The fourth-order valence-electron chi connectivity index (χ4n) is 2.38. The van der Waals surface area contributed by atoms with Crippen LogP contribution in [0.2, 0.25) is 0 Å². The van der Waals surface area contributed by atoms with Crippen molar-refractivity contribution in [3.05, 3.63) is 64.8 Å². The van der Waals surface area contributed by atoms with Crippen LogP contribution < -0.4 is 4.72 Å². The van der Waals surface area contributed by atoms with Gasteiger partial charge in [0.1, 0.15) is 10.8 Å². The zero-order valence-electron chi connectivity index (χ0n) is 14.4. The lowest BCUT2D eigenvalue weighted by Gasteiger charge is -2.09. The lowest BCUT2D eigenvalue weighted by atomic mass is 10.1. The predicted molar refractivity (Wildman–Crippen MR) is 101 cm³/mol. The number of aryl methyl sites for hydroxylation is 1. The number of nitrogens with one attached hydrogen (secondary N) is 1. The molecule has 0 aliphatic heterocycles. The normalized spacial score (nSPS) is 11.2. The Morgan fingerprint density at radius 2 is 1.89 bits per heavy atom. The van der Waals surface area contributed by atoms with Crippen LogP contribution in [0.15, 0.2) is 52.9 Å². The van der Waals surface area contributed by atoms with Crippen molar-refractivity contribution in [3.63, 3.8) is 0 Å². The number of esters is 1. The van der Waals surface area contributed by atoms with Gasteiger partial charge in [-0.15, -0.1) is 11.3 Å². The highest BCUT2D eigenvalue weighted by atomic mass is 32.2. The Balaban J connectivity index is 1.84. The minimum Gasteiger partial charge on any atom is -0.465 e. The Bertz CT molecular complexity index is 1090. The molecule has 0 radical (unpaired) electrons. The first-order chi connectivity index (χ1) is 12.8. The van der Waals surface area contributed by atoms with E-state index in [0.29, 0.717) is 27.4 Å². The fourth-order valence-corrected chi connectivity index (χ4v) is 4.53. The maximum absolute atomic E-state index is 13.0. The summed E-state index contributed by atoms with van der Waals surface area (Å²) >= 11 is 1.14. The Labute approximate surface area is 159 Å². The van der Waals surface area contributed by atoms with E-state index >= 15 is 0 Å². The van der Waals surface area contributed by atoms with E-state index < -0.39 is 16.0 Å². The highest BCUT2D eigenvalue weighted by Gasteiger charge is 2.20. The molecule has 1 heterocycles. The average molecular weight is 406 g/mol. The molecule has 0 spiro atoms. The quantitative estimate of drug-likeness (QED) is 0.651. The number of methoxy groups -OCH3 is 1.